The van der Waals surface area contributed by atoms with Crippen molar-refractivity contribution < 1.29 is 9.53 Å². The Morgan fingerprint density at radius 2 is 1.85 bits per heavy atom. The molecule has 6 heteroatoms. The molecule has 0 unspecified atom stereocenters. The third-order valence-corrected chi connectivity index (χ3v) is 4.30. The van der Waals surface area contributed by atoms with Gasteiger partial charge in [-0.05, 0) is 42.0 Å². The van der Waals surface area contributed by atoms with Crippen LogP contribution in [-0.4, -0.2) is 29.5 Å². The van der Waals surface area contributed by atoms with Crippen LogP contribution < -0.4 is 15.0 Å². The highest BCUT2D eigenvalue weighted by Gasteiger charge is 2.21. The van der Waals surface area contributed by atoms with E-state index in [9.17, 15) is 4.79 Å². The zero-order valence-electron chi connectivity index (χ0n) is 14.3. The second-order valence-corrected chi connectivity index (χ2v) is 6.03. The van der Waals surface area contributed by atoms with E-state index in [1.54, 1.807) is 13.3 Å². The average Bonchev–Trinajstić information content (AvgIpc) is 2.86. The van der Waals surface area contributed by atoms with Gasteiger partial charge in [0.15, 0.2) is 0 Å². The summed E-state index contributed by atoms with van der Waals surface area (Å²) in [4.78, 5) is 23.2. The smallest absolute Gasteiger partial charge is 0.244 e. The maximum atomic E-state index is 12.2. The Morgan fingerprint density at radius 1 is 1.04 bits per heavy atom. The molecule has 0 saturated heterocycles. The summed E-state index contributed by atoms with van der Waals surface area (Å²) in [6, 6.07) is 17.3. The highest BCUT2D eigenvalue weighted by molar-refractivity contribution is 5.95. The molecule has 0 fully saturated rings. The number of nitrogens with one attached hydrogen (secondary N) is 1. The molecule has 0 bridgehead atoms. The van der Waals surface area contributed by atoms with Crippen LogP contribution in [0.15, 0.2) is 60.8 Å². The molecule has 26 heavy (non-hydrogen) atoms. The third-order valence-electron chi connectivity index (χ3n) is 4.30. The molecular weight excluding hydrogens is 328 g/mol. The molecule has 0 aliphatic carbocycles. The van der Waals surface area contributed by atoms with Gasteiger partial charge in [0, 0.05) is 24.0 Å². The molecule has 3 aromatic rings. The van der Waals surface area contributed by atoms with Crippen molar-refractivity contribution in [2.75, 3.05) is 23.9 Å². The van der Waals surface area contributed by atoms with Gasteiger partial charge in [-0.15, -0.1) is 0 Å². The monoisotopic (exact) mass is 346 g/mol. The van der Waals surface area contributed by atoms with E-state index >= 15 is 0 Å². The van der Waals surface area contributed by atoms with Crippen LogP contribution in [0.3, 0.4) is 0 Å². The van der Waals surface area contributed by atoms with Crippen molar-refractivity contribution in [1.29, 1.82) is 0 Å². The summed E-state index contributed by atoms with van der Waals surface area (Å²) in [6.45, 7) is 0.779. The largest absolute Gasteiger partial charge is 0.497 e. The van der Waals surface area contributed by atoms with Gasteiger partial charge in [0.05, 0.1) is 12.8 Å². The van der Waals surface area contributed by atoms with E-state index in [0.717, 1.165) is 28.3 Å². The molecule has 1 aliphatic rings. The van der Waals surface area contributed by atoms with E-state index in [2.05, 4.69) is 15.3 Å². The van der Waals surface area contributed by atoms with E-state index in [0.29, 0.717) is 12.5 Å². The van der Waals surface area contributed by atoms with Crippen LogP contribution in [0.5, 0.6) is 5.75 Å². The SMILES string of the molecule is COc1ccc(-c2ccnc(N3CC(=O)Nc4ccccc4C3)n2)cc1. The van der Waals surface area contributed by atoms with Gasteiger partial charge in [-0.2, -0.15) is 0 Å². The summed E-state index contributed by atoms with van der Waals surface area (Å²) in [5.41, 5.74) is 3.65. The minimum atomic E-state index is -0.0756. The van der Waals surface area contributed by atoms with Crippen molar-refractivity contribution in [3.05, 3.63) is 66.4 Å². The first-order valence-electron chi connectivity index (χ1n) is 8.33. The number of carbonyl (C=O) groups is 1. The summed E-state index contributed by atoms with van der Waals surface area (Å²) < 4.78 is 5.20. The number of methoxy groups -OCH3 is 1. The zero-order valence-corrected chi connectivity index (χ0v) is 14.3. The number of aromatic nitrogens is 2. The fourth-order valence-corrected chi connectivity index (χ4v) is 2.97. The lowest BCUT2D eigenvalue weighted by atomic mass is 10.1. The van der Waals surface area contributed by atoms with Crippen LogP contribution >= 0.6 is 0 Å². The van der Waals surface area contributed by atoms with E-state index in [1.807, 2.05) is 59.5 Å². The standard InChI is InChI=1S/C20H18N4O2/c1-26-16-8-6-14(7-9-16)18-10-11-21-20(23-18)24-12-15-4-2-3-5-17(15)22-19(25)13-24/h2-11H,12-13H2,1H3,(H,22,25). The molecule has 0 saturated carbocycles. The van der Waals surface area contributed by atoms with Crippen LogP contribution in [0.4, 0.5) is 11.6 Å². The van der Waals surface area contributed by atoms with E-state index in [-0.39, 0.29) is 12.5 Å². The molecule has 2 aromatic carbocycles. The fourth-order valence-electron chi connectivity index (χ4n) is 2.97. The molecule has 0 radical (unpaired) electrons. The third kappa shape index (κ3) is 3.21. The van der Waals surface area contributed by atoms with Crippen LogP contribution in [0.1, 0.15) is 5.56 Å². The number of hydrogen-bond acceptors (Lipinski definition) is 5. The van der Waals surface area contributed by atoms with Gasteiger partial charge in [0.25, 0.3) is 0 Å². The highest BCUT2D eigenvalue weighted by atomic mass is 16.5. The molecule has 1 N–H and O–H groups in total. The molecule has 2 heterocycles. The van der Waals surface area contributed by atoms with Crippen molar-refractivity contribution >= 4 is 17.5 Å². The lowest BCUT2D eigenvalue weighted by Crippen LogP contribution is -2.31. The van der Waals surface area contributed by atoms with E-state index < -0.39 is 0 Å². The van der Waals surface area contributed by atoms with Crippen LogP contribution in [0, 0.1) is 0 Å². The quantitative estimate of drug-likeness (QED) is 0.789. The van der Waals surface area contributed by atoms with Crippen molar-refractivity contribution in [2.24, 2.45) is 0 Å². The lowest BCUT2D eigenvalue weighted by Gasteiger charge is -2.19. The Bertz CT molecular complexity index is 941. The van der Waals surface area contributed by atoms with E-state index in [1.165, 1.54) is 0 Å². The normalized spacial score (nSPS) is 13.6. The number of para-hydroxylation sites is 1. The van der Waals surface area contributed by atoms with Gasteiger partial charge in [-0.25, -0.2) is 9.97 Å². The molecule has 4 rings (SSSR count). The maximum absolute atomic E-state index is 12.2. The number of anilines is 2. The number of nitrogens with zero attached hydrogens (tertiary/aromatic N) is 3. The number of benzene rings is 2. The predicted octanol–water partition coefficient (Wildman–Crippen LogP) is 3.11. The Hall–Kier alpha value is -3.41. The molecule has 0 spiro atoms. The van der Waals surface area contributed by atoms with Crippen LogP contribution in [0.2, 0.25) is 0 Å². The first-order valence-corrected chi connectivity index (χ1v) is 8.33. The minimum absolute atomic E-state index is 0.0756. The van der Waals surface area contributed by atoms with Crippen LogP contribution in [0.25, 0.3) is 11.3 Å². The summed E-state index contributed by atoms with van der Waals surface area (Å²) in [5, 5.41) is 2.93. The van der Waals surface area contributed by atoms with Crippen molar-refractivity contribution in [1.82, 2.24) is 9.97 Å². The van der Waals surface area contributed by atoms with Gasteiger partial charge in [0.2, 0.25) is 11.9 Å². The van der Waals surface area contributed by atoms with Gasteiger partial charge >= 0.3 is 0 Å². The Balaban J connectivity index is 1.66. The number of ether oxygens (including phenoxy) is 1. The fraction of sp³-hybridized carbons (Fsp3) is 0.150. The Morgan fingerprint density at radius 3 is 2.65 bits per heavy atom. The van der Waals surface area contributed by atoms with E-state index in [4.69, 9.17) is 4.74 Å². The second kappa shape index (κ2) is 6.84. The second-order valence-electron chi connectivity index (χ2n) is 6.03. The number of rotatable bonds is 3. The lowest BCUT2D eigenvalue weighted by molar-refractivity contribution is -0.114. The number of amides is 1. The molecule has 1 aromatic heterocycles. The maximum Gasteiger partial charge on any atom is 0.244 e. The summed E-state index contributed by atoms with van der Waals surface area (Å²) in [7, 11) is 1.64. The molecule has 6 nitrogen and oxygen atoms in total. The van der Waals surface area contributed by atoms with Crippen molar-refractivity contribution in [3.8, 4) is 17.0 Å². The molecule has 1 aliphatic heterocycles. The van der Waals surface area contributed by atoms with Crippen LogP contribution in [-0.2, 0) is 11.3 Å². The van der Waals surface area contributed by atoms with Gasteiger partial charge in [0.1, 0.15) is 12.3 Å². The Labute approximate surface area is 151 Å². The van der Waals surface area contributed by atoms with Crippen molar-refractivity contribution in [2.45, 2.75) is 6.54 Å². The first-order chi connectivity index (χ1) is 12.7. The molecular formula is C20H18N4O2. The van der Waals surface area contributed by atoms with Gasteiger partial charge in [-0.3, -0.25) is 4.79 Å². The minimum Gasteiger partial charge on any atom is -0.497 e. The zero-order chi connectivity index (χ0) is 17.9. The average molecular weight is 346 g/mol. The first kappa shape index (κ1) is 16.1. The Kier molecular flexibility index (Phi) is 4.23. The molecule has 130 valence electrons. The van der Waals surface area contributed by atoms with Gasteiger partial charge < -0.3 is 15.0 Å². The van der Waals surface area contributed by atoms with Gasteiger partial charge in [-0.1, -0.05) is 18.2 Å². The van der Waals surface area contributed by atoms with Crippen molar-refractivity contribution in [3.63, 3.8) is 0 Å². The predicted molar refractivity (Wildman–Crippen MR) is 100 cm³/mol. The number of carbonyl (C=O) groups excluding carboxylic acids is 1. The summed E-state index contributed by atoms with van der Waals surface area (Å²) in [6.07, 6.45) is 1.72. The highest BCUT2D eigenvalue weighted by Crippen LogP contribution is 2.25. The number of hydrogen-bond donors (Lipinski definition) is 1. The summed E-state index contributed by atoms with van der Waals surface area (Å²) >= 11 is 0. The number of fused-ring (bicyclic) bond motifs is 1. The molecule has 1 amide bonds. The topological polar surface area (TPSA) is 67.3 Å². The molecule has 0 atom stereocenters. The summed E-state index contributed by atoms with van der Waals surface area (Å²) in [5.74, 6) is 1.25.